The number of rotatable bonds is 3. The fraction of sp³-hybridized carbons (Fsp3) is 0.774. The number of nitrogens with zero attached hydrogens (tertiary/aromatic N) is 2. The Morgan fingerprint density at radius 1 is 0.694 bits per heavy atom. The van der Waals surface area contributed by atoms with Gasteiger partial charge >= 0.3 is 5.25 Å². The number of benzene rings is 1. The number of halogens is 2. The molecule has 5 heteroatoms. The minimum Gasteiger partial charge on any atom is -0.389 e. The van der Waals surface area contributed by atoms with E-state index in [1.807, 2.05) is 0 Å². The molecule has 2 saturated carbocycles. The van der Waals surface area contributed by atoms with Crippen molar-refractivity contribution in [3.8, 4) is 0 Å². The molecule has 0 radical (unpaired) electrons. The van der Waals surface area contributed by atoms with E-state index in [4.69, 9.17) is 22.9 Å². The van der Waals surface area contributed by atoms with Crippen LogP contribution in [0.1, 0.15) is 149 Å². The summed E-state index contributed by atoms with van der Waals surface area (Å²) in [6.07, 6.45) is 12.5. The van der Waals surface area contributed by atoms with Crippen molar-refractivity contribution in [3.05, 3.63) is 34.4 Å². The molecule has 1 aliphatic heterocycles. The SMILES string of the molecule is CC(C)(C)c1cc(C(C)(C)C)c(C2=[N+](C3CCCCC3)[B-](Cl)(Cl)N2C2CCCCC2)c(C(C)(C)C)c1. The standard InChI is InChI=1S/C31H51BCl2N2/c1-29(2,3)22-20-25(30(4,5)6)27(26(21-22)31(7,8)9)28-35(23-16-12-10-13-17-23)32(33,34)36(28)24-18-14-11-15-19-24/h20-21,23-24H,10-19H2,1-9H3. The summed E-state index contributed by atoms with van der Waals surface area (Å²) in [7, 11) is 0. The van der Waals surface area contributed by atoms with Crippen molar-refractivity contribution in [1.82, 2.24) is 4.81 Å². The van der Waals surface area contributed by atoms with Gasteiger partial charge in [0.15, 0.2) is 5.84 Å². The Bertz CT molecular complexity index is 960. The lowest BCUT2D eigenvalue weighted by Gasteiger charge is -2.57. The van der Waals surface area contributed by atoms with Crippen LogP contribution in [0.3, 0.4) is 0 Å². The second kappa shape index (κ2) is 9.82. The van der Waals surface area contributed by atoms with Gasteiger partial charge in [0.05, 0.1) is 17.6 Å². The lowest BCUT2D eigenvalue weighted by atomic mass is 9.69. The molecule has 0 spiro atoms. The van der Waals surface area contributed by atoms with Gasteiger partial charge in [0.25, 0.3) is 0 Å². The van der Waals surface area contributed by atoms with Crippen LogP contribution < -0.4 is 0 Å². The van der Waals surface area contributed by atoms with Crippen LogP contribution in [0.15, 0.2) is 12.1 Å². The first-order valence-corrected chi connectivity index (χ1v) is 15.6. The fourth-order valence-corrected chi connectivity index (χ4v) is 7.84. The third kappa shape index (κ3) is 5.27. The Kier molecular flexibility index (Phi) is 7.73. The van der Waals surface area contributed by atoms with Crippen molar-refractivity contribution >= 4 is 34.0 Å². The van der Waals surface area contributed by atoms with Crippen LogP contribution in [0.5, 0.6) is 0 Å². The highest BCUT2D eigenvalue weighted by molar-refractivity contribution is 7.41. The average molecular weight is 533 g/mol. The zero-order valence-corrected chi connectivity index (χ0v) is 26.1. The highest BCUT2D eigenvalue weighted by Gasteiger charge is 2.60. The number of hydrogen-bond donors (Lipinski definition) is 0. The Morgan fingerprint density at radius 3 is 1.56 bits per heavy atom. The van der Waals surface area contributed by atoms with Crippen molar-refractivity contribution in [1.29, 1.82) is 0 Å². The summed E-state index contributed by atoms with van der Waals surface area (Å²) in [6, 6.07) is 5.88. The first-order valence-electron chi connectivity index (χ1n) is 14.7. The van der Waals surface area contributed by atoms with E-state index < -0.39 is 5.25 Å². The molecule has 0 aromatic heterocycles. The first kappa shape index (κ1) is 28.3. The number of hydrogen-bond acceptors (Lipinski definition) is 1. The zero-order valence-electron chi connectivity index (χ0n) is 24.6. The van der Waals surface area contributed by atoms with Gasteiger partial charge in [-0.05, 0) is 84.3 Å². The number of amidine groups is 1. The minimum atomic E-state index is -1.78. The molecular formula is C31H51BCl2N2. The van der Waals surface area contributed by atoms with E-state index in [1.54, 1.807) is 0 Å². The van der Waals surface area contributed by atoms with Gasteiger partial charge in [-0.15, -0.1) is 0 Å². The predicted molar refractivity (Wildman–Crippen MR) is 160 cm³/mol. The minimum absolute atomic E-state index is 0.00391. The van der Waals surface area contributed by atoms with Gasteiger partial charge in [-0.3, -0.25) is 22.9 Å². The largest absolute Gasteiger partial charge is 0.549 e. The molecule has 2 fully saturated rings. The molecule has 4 rings (SSSR count). The summed E-state index contributed by atoms with van der Waals surface area (Å²) in [6.45, 7) is 21.3. The Labute approximate surface area is 232 Å². The van der Waals surface area contributed by atoms with Gasteiger partial charge in [-0.1, -0.05) is 87.3 Å². The van der Waals surface area contributed by atoms with E-state index in [-0.39, 0.29) is 16.2 Å². The second-order valence-electron chi connectivity index (χ2n) is 15.0. The van der Waals surface area contributed by atoms with Crippen LogP contribution in [0.25, 0.3) is 0 Å². The first-order chi connectivity index (χ1) is 16.5. The molecule has 2 aliphatic carbocycles. The molecule has 36 heavy (non-hydrogen) atoms. The van der Waals surface area contributed by atoms with E-state index in [0.29, 0.717) is 12.1 Å². The molecule has 0 atom stereocenters. The van der Waals surface area contributed by atoms with Crippen LogP contribution in [-0.2, 0) is 16.2 Å². The molecule has 2 nitrogen and oxygen atoms in total. The second-order valence-corrected chi connectivity index (χ2v) is 16.4. The van der Waals surface area contributed by atoms with Crippen LogP contribution in [0.2, 0.25) is 0 Å². The van der Waals surface area contributed by atoms with Crippen molar-refractivity contribution in [2.24, 2.45) is 0 Å². The Morgan fingerprint density at radius 2 is 1.14 bits per heavy atom. The van der Waals surface area contributed by atoms with Crippen LogP contribution in [0, 0.1) is 0 Å². The Hall–Kier alpha value is -0.665. The van der Waals surface area contributed by atoms with Gasteiger partial charge in [-0.25, -0.2) is 0 Å². The van der Waals surface area contributed by atoms with E-state index in [9.17, 15) is 0 Å². The highest BCUT2D eigenvalue weighted by Crippen LogP contribution is 2.47. The van der Waals surface area contributed by atoms with E-state index >= 15 is 0 Å². The van der Waals surface area contributed by atoms with Gasteiger partial charge in [0.2, 0.25) is 0 Å². The maximum Gasteiger partial charge on any atom is 0.549 e. The lowest BCUT2D eigenvalue weighted by molar-refractivity contribution is -0.477. The maximum atomic E-state index is 7.44. The van der Waals surface area contributed by atoms with Gasteiger partial charge < -0.3 is 9.30 Å². The fourth-order valence-electron chi connectivity index (χ4n) is 6.83. The Balaban J connectivity index is 2.06. The summed E-state index contributed by atoms with van der Waals surface area (Å²) >= 11 is 14.9. The summed E-state index contributed by atoms with van der Waals surface area (Å²) in [5.74, 6) is 1.34. The summed E-state index contributed by atoms with van der Waals surface area (Å²) in [5, 5.41) is -1.78. The van der Waals surface area contributed by atoms with E-state index in [1.165, 1.54) is 92.3 Å². The van der Waals surface area contributed by atoms with Crippen molar-refractivity contribution in [2.45, 2.75) is 155 Å². The van der Waals surface area contributed by atoms with Gasteiger partial charge in [0.1, 0.15) is 0 Å². The van der Waals surface area contributed by atoms with E-state index in [0.717, 1.165) is 0 Å². The zero-order chi connectivity index (χ0) is 26.7. The van der Waals surface area contributed by atoms with Crippen molar-refractivity contribution in [2.75, 3.05) is 0 Å². The molecule has 0 amide bonds. The smallest absolute Gasteiger partial charge is 0.389 e. The monoisotopic (exact) mass is 532 g/mol. The molecule has 0 N–H and O–H groups in total. The predicted octanol–water partition coefficient (Wildman–Crippen LogP) is 9.23. The quantitative estimate of drug-likeness (QED) is 0.351. The highest BCUT2D eigenvalue weighted by atomic mass is 35.5. The molecule has 1 aromatic rings. The van der Waals surface area contributed by atoms with Crippen LogP contribution >= 0.6 is 22.9 Å². The molecule has 3 aliphatic rings. The third-order valence-corrected chi connectivity index (χ3v) is 9.78. The summed E-state index contributed by atoms with van der Waals surface area (Å²) < 4.78 is 2.51. The van der Waals surface area contributed by atoms with Gasteiger partial charge in [-0.2, -0.15) is 0 Å². The van der Waals surface area contributed by atoms with Crippen LogP contribution in [0.4, 0.5) is 0 Å². The van der Waals surface area contributed by atoms with Crippen LogP contribution in [-0.4, -0.2) is 32.5 Å². The topological polar surface area (TPSA) is 6.25 Å². The molecule has 0 unspecified atom stereocenters. The van der Waals surface area contributed by atoms with E-state index in [2.05, 4.69) is 83.7 Å². The normalized spacial score (nSPS) is 22.7. The summed E-state index contributed by atoms with van der Waals surface area (Å²) in [4.78, 5) is 2.51. The molecule has 202 valence electrons. The third-order valence-electron chi connectivity index (χ3n) is 8.94. The maximum absolute atomic E-state index is 7.44. The van der Waals surface area contributed by atoms with Crippen molar-refractivity contribution < 1.29 is 4.49 Å². The molecule has 1 heterocycles. The molecule has 0 saturated heterocycles. The lowest BCUT2D eigenvalue weighted by Crippen LogP contribution is -2.75. The molecular weight excluding hydrogens is 482 g/mol. The molecule has 1 aromatic carbocycles. The summed E-state index contributed by atoms with van der Waals surface area (Å²) in [5.41, 5.74) is 5.81. The average Bonchev–Trinajstić information content (AvgIpc) is 2.76. The van der Waals surface area contributed by atoms with Crippen molar-refractivity contribution in [3.63, 3.8) is 0 Å². The molecule has 0 bridgehead atoms. The van der Waals surface area contributed by atoms with Gasteiger partial charge in [0, 0.05) is 0 Å².